The van der Waals surface area contributed by atoms with Crippen LogP contribution < -0.4 is 5.32 Å². The topological polar surface area (TPSA) is 81.7 Å². The second kappa shape index (κ2) is 12.6. The van der Waals surface area contributed by atoms with Crippen molar-refractivity contribution in [2.75, 3.05) is 19.0 Å². The van der Waals surface area contributed by atoms with E-state index in [1.54, 1.807) is 30.3 Å². The predicted octanol–water partition coefficient (Wildman–Crippen LogP) is 5.80. The van der Waals surface area contributed by atoms with Gasteiger partial charge in [0.2, 0.25) is 0 Å². The van der Waals surface area contributed by atoms with Crippen molar-refractivity contribution in [2.45, 2.75) is 16.7 Å². The van der Waals surface area contributed by atoms with Crippen LogP contribution in [-0.4, -0.2) is 47.6 Å². The number of halogens is 1. The first kappa shape index (κ1) is 26.5. The van der Waals surface area contributed by atoms with E-state index in [1.165, 1.54) is 6.08 Å². The maximum atomic E-state index is 12.7. The zero-order valence-electron chi connectivity index (χ0n) is 20.0. The van der Waals surface area contributed by atoms with E-state index >= 15 is 0 Å². The molecule has 1 aliphatic rings. The van der Waals surface area contributed by atoms with Gasteiger partial charge >= 0.3 is 12.1 Å². The van der Waals surface area contributed by atoms with E-state index in [-0.39, 0.29) is 30.7 Å². The van der Waals surface area contributed by atoms with Crippen LogP contribution in [-0.2, 0) is 14.3 Å². The number of Topliss-reactive ketones (excluding diaryl/α,β-unsaturated/α-hetero) is 1. The van der Waals surface area contributed by atoms with Crippen LogP contribution in [0.15, 0.2) is 91.5 Å². The molecule has 0 aromatic heterocycles. The van der Waals surface area contributed by atoms with Crippen LogP contribution in [0.1, 0.15) is 27.4 Å². The molecule has 1 aliphatic carbocycles. The molecular formula is C29H26ClNO5S. The molecule has 8 heteroatoms. The van der Waals surface area contributed by atoms with Gasteiger partial charge in [-0.3, -0.25) is 4.79 Å². The highest BCUT2D eigenvalue weighted by Gasteiger charge is 2.30. The fourth-order valence-corrected chi connectivity index (χ4v) is 5.39. The number of carbonyl (C=O) groups excluding carboxylic acids is 3. The van der Waals surface area contributed by atoms with E-state index in [9.17, 15) is 14.4 Å². The number of nitrogens with one attached hydrogen (secondary N) is 1. The van der Waals surface area contributed by atoms with Gasteiger partial charge in [0.15, 0.2) is 5.78 Å². The summed E-state index contributed by atoms with van der Waals surface area (Å²) in [5.74, 6) is -1.05. The van der Waals surface area contributed by atoms with Gasteiger partial charge in [-0.2, -0.15) is 0 Å². The van der Waals surface area contributed by atoms with Gasteiger partial charge in [-0.1, -0.05) is 91.5 Å². The first-order chi connectivity index (χ1) is 18.0. The number of carbonyl (C=O) groups is 3. The van der Waals surface area contributed by atoms with Crippen LogP contribution in [0.5, 0.6) is 0 Å². The monoisotopic (exact) mass is 535 g/mol. The fraction of sp³-hybridized carbons (Fsp3) is 0.207. The SMILES string of the molecule is C=CCOC(=O)[C@H](CSC(Cl)C(=O)c1ccccc1)NC(=O)OCC1c2ccccc2-c2ccccc21. The lowest BCUT2D eigenvalue weighted by Crippen LogP contribution is -2.44. The van der Waals surface area contributed by atoms with Crippen molar-refractivity contribution in [2.24, 2.45) is 0 Å². The molecule has 0 fully saturated rings. The maximum absolute atomic E-state index is 12.7. The Hall–Kier alpha value is -3.55. The molecule has 1 unspecified atom stereocenters. The molecule has 1 amide bonds. The predicted molar refractivity (Wildman–Crippen MR) is 146 cm³/mol. The molecule has 3 aromatic carbocycles. The largest absolute Gasteiger partial charge is 0.460 e. The van der Waals surface area contributed by atoms with Crippen LogP contribution in [0.3, 0.4) is 0 Å². The molecule has 1 N–H and O–H groups in total. The molecule has 0 bridgehead atoms. The molecular weight excluding hydrogens is 510 g/mol. The Bertz CT molecular complexity index is 1240. The minimum atomic E-state index is -1.06. The summed E-state index contributed by atoms with van der Waals surface area (Å²) in [7, 11) is 0. The van der Waals surface area contributed by atoms with Gasteiger partial charge < -0.3 is 14.8 Å². The number of hydrogen-bond acceptors (Lipinski definition) is 6. The number of hydrogen-bond donors (Lipinski definition) is 1. The molecule has 6 nitrogen and oxygen atoms in total. The van der Waals surface area contributed by atoms with Crippen LogP contribution in [0.4, 0.5) is 4.79 Å². The molecule has 190 valence electrons. The minimum Gasteiger partial charge on any atom is -0.460 e. The van der Waals surface area contributed by atoms with E-state index in [0.717, 1.165) is 34.0 Å². The number of rotatable bonds is 11. The van der Waals surface area contributed by atoms with Gasteiger partial charge in [-0.15, -0.1) is 23.4 Å². The van der Waals surface area contributed by atoms with Crippen molar-refractivity contribution in [3.05, 3.63) is 108 Å². The number of esters is 1. The highest BCUT2D eigenvalue weighted by atomic mass is 35.5. The highest BCUT2D eigenvalue weighted by molar-refractivity contribution is 8.01. The average Bonchev–Trinajstić information content (AvgIpc) is 3.26. The van der Waals surface area contributed by atoms with Gasteiger partial charge in [0.1, 0.15) is 24.0 Å². The number of thioether (sulfide) groups is 1. The summed E-state index contributed by atoms with van der Waals surface area (Å²) in [4.78, 5) is 37.9. The summed E-state index contributed by atoms with van der Waals surface area (Å²) in [5, 5.41) is 2.57. The summed E-state index contributed by atoms with van der Waals surface area (Å²) in [6.07, 6.45) is 0.669. The van der Waals surface area contributed by atoms with Crippen molar-refractivity contribution < 1.29 is 23.9 Å². The Morgan fingerprint density at radius 1 is 0.919 bits per heavy atom. The number of alkyl carbamates (subject to hydrolysis) is 1. The van der Waals surface area contributed by atoms with E-state index < -0.39 is 22.8 Å². The van der Waals surface area contributed by atoms with E-state index in [0.29, 0.717) is 5.56 Å². The lowest BCUT2D eigenvalue weighted by Gasteiger charge is -2.19. The normalized spacial score (nSPS) is 13.5. The van der Waals surface area contributed by atoms with Crippen molar-refractivity contribution in [1.82, 2.24) is 5.32 Å². The summed E-state index contributed by atoms with van der Waals surface area (Å²) in [6, 6.07) is 23.6. The van der Waals surface area contributed by atoms with Gasteiger partial charge in [0.05, 0.1) is 0 Å². The van der Waals surface area contributed by atoms with Crippen molar-refractivity contribution >= 4 is 41.2 Å². The molecule has 4 rings (SSSR count). The zero-order valence-corrected chi connectivity index (χ0v) is 21.5. The Kier molecular flexibility index (Phi) is 9.04. The van der Waals surface area contributed by atoms with Crippen LogP contribution >= 0.6 is 23.4 Å². The second-order valence-corrected chi connectivity index (χ2v) is 10.2. The maximum Gasteiger partial charge on any atom is 0.407 e. The Labute approximate surface area is 225 Å². The summed E-state index contributed by atoms with van der Waals surface area (Å²) in [6.45, 7) is 3.62. The Morgan fingerprint density at radius 2 is 1.51 bits per heavy atom. The van der Waals surface area contributed by atoms with Crippen molar-refractivity contribution in [3.63, 3.8) is 0 Å². The average molecular weight is 536 g/mol. The summed E-state index contributed by atoms with van der Waals surface area (Å²) < 4.78 is 9.75. The van der Waals surface area contributed by atoms with Crippen molar-refractivity contribution in [1.29, 1.82) is 0 Å². The fourth-order valence-electron chi connectivity index (χ4n) is 4.18. The number of amides is 1. The van der Waals surface area contributed by atoms with Crippen molar-refractivity contribution in [3.8, 4) is 11.1 Å². The summed E-state index contributed by atoms with van der Waals surface area (Å²) >= 11 is 7.33. The van der Waals surface area contributed by atoms with Crippen LogP contribution in [0.25, 0.3) is 11.1 Å². The molecule has 0 aliphatic heterocycles. The molecule has 3 aromatic rings. The van der Waals surface area contributed by atoms with Gasteiger partial charge in [0, 0.05) is 17.2 Å². The van der Waals surface area contributed by atoms with Crippen LogP contribution in [0, 0.1) is 0 Å². The molecule has 0 saturated carbocycles. The minimum absolute atomic E-state index is 0.0143. The standard InChI is InChI=1S/C29H26ClNO5S/c1-2-16-35-28(33)25(18-37-27(30)26(32)19-10-4-3-5-11-19)31-29(34)36-17-24-22-14-8-6-12-20(22)21-13-7-9-15-23(21)24/h2-15,24-25,27H,1,16-18H2,(H,31,34)/t25-,27?/m0/s1. The highest BCUT2D eigenvalue weighted by Crippen LogP contribution is 2.44. The number of ketones is 1. The number of ether oxygens (including phenoxy) is 2. The molecule has 2 atom stereocenters. The smallest absolute Gasteiger partial charge is 0.407 e. The molecule has 0 saturated heterocycles. The quantitative estimate of drug-likeness (QED) is 0.144. The molecule has 0 spiro atoms. The third kappa shape index (κ3) is 6.42. The molecule has 37 heavy (non-hydrogen) atoms. The lowest BCUT2D eigenvalue weighted by atomic mass is 9.98. The number of benzene rings is 3. The number of alkyl halides is 1. The van der Waals surface area contributed by atoms with Crippen LogP contribution in [0.2, 0.25) is 0 Å². The zero-order chi connectivity index (χ0) is 26.2. The lowest BCUT2D eigenvalue weighted by molar-refractivity contribution is -0.144. The summed E-state index contributed by atoms with van der Waals surface area (Å²) in [5.41, 5.74) is 4.86. The van der Waals surface area contributed by atoms with Gasteiger partial charge in [-0.05, 0) is 22.3 Å². The van der Waals surface area contributed by atoms with Gasteiger partial charge in [-0.25, -0.2) is 9.59 Å². The number of fused-ring (bicyclic) bond motifs is 3. The van der Waals surface area contributed by atoms with E-state index in [2.05, 4.69) is 24.0 Å². The molecule has 0 heterocycles. The third-order valence-electron chi connectivity index (χ3n) is 5.94. The van der Waals surface area contributed by atoms with E-state index in [4.69, 9.17) is 21.1 Å². The van der Waals surface area contributed by atoms with Gasteiger partial charge in [0.25, 0.3) is 0 Å². The molecule has 0 radical (unpaired) electrons. The first-order valence-corrected chi connectivity index (χ1v) is 13.2. The Balaban J connectivity index is 1.39. The third-order valence-corrected chi connectivity index (χ3v) is 7.55. The Morgan fingerprint density at radius 3 is 2.14 bits per heavy atom. The van der Waals surface area contributed by atoms with E-state index in [1.807, 2.05) is 36.4 Å². The second-order valence-electron chi connectivity index (χ2n) is 8.32. The first-order valence-electron chi connectivity index (χ1n) is 11.7.